The van der Waals surface area contributed by atoms with Crippen LogP contribution in [0.25, 0.3) is 0 Å². The van der Waals surface area contributed by atoms with Gasteiger partial charge in [-0.15, -0.1) is 0 Å². The summed E-state index contributed by atoms with van der Waals surface area (Å²) in [5.41, 5.74) is 0.895. The molecule has 0 bridgehead atoms. The summed E-state index contributed by atoms with van der Waals surface area (Å²) in [4.78, 5) is 0. The summed E-state index contributed by atoms with van der Waals surface area (Å²) in [6, 6.07) is 4.24. The minimum Gasteiger partial charge on any atom is -0.216 e. The lowest BCUT2D eigenvalue weighted by Crippen LogP contribution is -2.15. The van der Waals surface area contributed by atoms with Crippen molar-refractivity contribution in [3.63, 3.8) is 0 Å². The molecular formula is C20H27F3. The zero-order chi connectivity index (χ0) is 16.5. The van der Waals surface area contributed by atoms with Crippen molar-refractivity contribution in [1.29, 1.82) is 0 Å². The molecule has 1 saturated carbocycles. The average molecular weight is 324 g/mol. The van der Waals surface area contributed by atoms with E-state index in [4.69, 9.17) is 0 Å². The summed E-state index contributed by atoms with van der Waals surface area (Å²) in [6.07, 6.45) is 13.6. The monoisotopic (exact) mass is 324 g/mol. The van der Waals surface area contributed by atoms with Gasteiger partial charge in [0.1, 0.15) is 0 Å². The number of rotatable bonds is 8. The van der Waals surface area contributed by atoms with Gasteiger partial charge in [-0.25, -0.2) is 13.2 Å². The van der Waals surface area contributed by atoms with Gasteiger partial charge < -0.3 is 0 Å². The molecule has 1 aromatic carbocycles. The Bertz CT molecular complexity index is 488. The van der Waals surface area contributed by atoms with Gasteiger partial charge in [0, 0.05) is 0 Å². The zero-order valence-corrected chi connectivity index (χ0v) is 13.7. The van der Waals surface area contributed by atoms with Gasteiger partial charge in [0.05, 0.1) is 6.33 Å². The van der Waals surface area contributed by atoms with Crippen LogP contribution in [0.3, 0.4) is 0 Å². The first-order valence-corrected chi connectivity index (χ1v) is 8.88. The van der Waals surface area contributed by atoms with Crippen LogP contribution in [0.4, 0.5) is 13.2 Å². The summed E-state index contributed by atoms with van der Waals surface area (Å²) < 4.78 is 37.9. The van der Waals surface area contributed by atoms with E-state index in [2.05, 4.69) is 0 Å². The Labute approximate surface area is 137 Å². The van der Waals surface area contributed by atoms with Gasteiger partial charge in [-0.2, -0.15) is 0 Å². The maximum atomic E-state index is 13.2. The van der Waals surface area contributed by atoms with Crippen LogP contribution in [0.5, 0.6) is 0 Å². The van der Waals surface area contributed by atoms with Gasteiger partial charge >= 0.3 is 0 Å². The van der Waals surface area contributed by atoms with Crippen LogP contribution in [0.15, 0.2) is 30.6 Å². The molecule has 1 fully saturated rings. The van der Waals surface area contributed by atoms with Crippen molar-refractivity contribution in [1.82, 2.24) is 0 Å². The molecule has 1 aliphatic carbocycles. The Balaban J connectivity index is 1.61. The number of hydrogen-bond acceptors (Lipinski definition) is 0. The van der Waals surface area contributed by atoms with Crippen LogP contribution in [0, 0.1) is 23.5 Å². The van der Waals surface area contributed by atoms with Crippen molar-refractivity contribution in [2.45, 2.75) is 64.2 Å². The van der Waals surface area contributed by atoms with Crippen molar-refractivity contribution in [3.8, 4) is 0 Å². The largest absolute Gasteiger partial charge is 0.216 e. The molecule has 0 saturated heterocycles. The molecule has 1 aliphatic rings. The quantitative estimate of drug-likeness (QED) is 0.464. The molecule has 3 heteroatoms. The molecule has 23 heavy (non-hydrogen) atoms. The second kappa shape index (κ2) is 9.79. The Morgan fingerprint density at radius 2 is 1.61 bits per heavy atom. The van der Waals surface area contributed by atoms with Gasteiger partial charge in [0.25, 0.3) is 0 Å². The maximum absolute atomic E-state index is 13.2. The lowest BCUT2D eigenvalue weighted by molar-refractivity contribution is 0.249. The molecule has 128 valence electrons. The average Bonchev–Trinajstić information content (AvgIpc) is 2.57. The zero-order valence-electron chi connectivity index (χ0n) is 13.7. The third kappa shape index (κ3) is 6.40. The van der Waals surface area contributed by atoms with Crippen molar-refractivity contribution < 1.29 is 13.2 Å². The fraction of sp³-hybridized carbons (Fsp3) is 0.600. The maximum Gasteiger partial charge on any atom is 0.159 e. The van der Waals surface area contributed by atoms with E-state index in [0.717, 1.165) is 37.2 Å². The fourth-order valence-electron chi connectivity index (χ4n) is 3.63. The van der Waals surface area contributed by atoms with E-state index in [-0.39, 0.29) is 0 Å². The first kappa shape index (κ1) is 18.1. The number of benzene rings is 1. The third-order valence-corrected chi connectivity index (χ3v) is 5.11. The highest BCUT2D eigenvalue weighted by molar-refractivity contribution is 5.17. The summed E-state index contributed by atoms with van der Waals surface area (Å²) in [7, 11) is 0. The predicted molar refractivity (Wildman–Crippen MR) is 88.8 cm³/mol. The van der Waals surface area contributed by atoms with Crippen LogP contribution < -0.4 is 0 Å². The Hall–Kier alpha value is -1.25. The molecule has 1 aromatic rings. The molecule has 0 aliphatic heterocycles. The van der Waals surface area contributed by atoms with E-state index >= 15 is 0 Å². The van der Waals surface area contributed by atoms with E-state index < -0.39 is 11.6 Å². The van der Waals surface area contributed by atoms with Crippen LogP contribution in [-0.4, -0.2) is 0 Å². The standard InChI is InChI=1S/C20H27F3/c21-14-4-2-1-3-5-16-6-8-17(9-7-16)10-11-18-12-13-19(22)20(23)15-18/h4,12-17H,1-3,5-11H2. The van der Waals surface area contributed by atoms with Crippen molar-refractivity contribution >= 4 is 0 Å². The first-order chi connectivity index (χ1) is 11.2. The molecule has 0 amide bonds. The Kier molecular flexibility index (Phi) is 7.70. The molecule has 0 atom stereocenters. The van der Waals surface area contributed by atoms with Crippen molar-refractivity contribution in [2.75, 3.05) is 0 Å². The first-order valence-electron chi connectivity index (χ1n) is 8.88. The number of unbranched alkanes of at least 4 members (excludes halogenated alkanes) is 2. The van der Waals surface area contributed by atoms with Gasteiger partial charge in [-0.3, -0.25) is 0 Å². The highest BCUT2D eigenvalue weighted by atomic mass is 19.2. The Morgan fingerprint density at radius 1 is 0.913 bits per heavy atom. The van der Waals surface area contributed by atoms with Gasteiger partial charge in [0.2, 0.25) is 0 Å². The second-order valence-corrected chi connectivity index (χ2v) is 6.82. The minimum atomic E-state index is -0.767. The molecule has 0 heterocycles. The lowest BCUT2D eigenvalue weighted by Gasteiger charge is -2.28. The molecule has 2 rings (SSSR count). The minimum absolute atomic E-state index is 0.637. The molecule has 0 spiro atoms. The van der Waals surface area contributed by atoms with Gasteiger partial charge in [-0.05, 0) is 55.2 Å². The Morgan fingerprint density at radius 3 is 2.26 bits per heavy atom. The number of aryl methyl sites for hydroxylation is 1. The number of hydrogen-bond donors (Lipinski definition) is 0. The number of halogens is 3. The highest BCUT2D eigenvalue weighted by Gasteiger charge is 2.20. The second-order valence-electron chi connectivity index (χ2n) is 6.82. The summed E-state index contributed by atoms with van der Waals surface area (Å²) in [5, 5.41) is 0. The van der Waals surface area contributed by atoms with Crippen LogP contribution >= 0.6 is 0 Å². The summed E-state index contributed by atoms with van der Waals surface area (Å²) in [6.45, 7) is 0. The lowest BCUT2D eigenvalue weighted by atomic mass is 9.78. The summed E-state index contributed by atoms with van der Waals surface area (Å²) >= 11 is 0. The van der Waals surface area contributed by atoms with Crippen LogP contribution in [0.1, 0.15) is 63.4 Å². The van der Waals surface area contributed by atoms with E-state index in [1.165, 1.54) is 50.7 Å². The van der Waals surface area contributed by atoms with E-state index in [0.29, 0.717) is 12.2 Å². The highest BCUT2D eigenvalue weighted by Crippen LogP contribution is 2.34. The molecule has 0 N–H and O–H groups in total. The van der Waals surface area contributed by atoms with E-state index in [9.17, 15) is 13.2 Å². The molecular weight excluding hydrogens is 297 g/mol. The topological polar surface area (TPSA) is 0 Å². The number of allylic oxidation sites excluding steroid dienone is 1. The van der Waals surface area contributed by atoms with Gasteiger partial charge in [-0.1, -0.05) is 50.7 Å². The van der Waals surface area contributed by atoms with Crippen molar-refractivity contribution in [2.24, 2.45) is 11.8 Å². The van der Waals surface area contributed by atoms with Gasteiger partial charge in [0.15, 0.2) is 11.6 Å². The predicted octanol–water partition coefficient (Wildman–Crippen LogP) is 6.75. The smallest absolute Gasteiger partial charge is 0.159 e. The van der Waals surface area contributed by atoms with E-state index in [1.54, 1.807) is 12.1 Å². The van der Waals surface area contributed by atoms with Crippen LogP contribution in [0.2, 0.25) is 0 Å². The van der Waals surface area contributed by atoms with E-state index in [1.807, 2.05) is 0 Å². The summed E-state index contributed by atoms with van der Waals surface area (Å²) in [5.74, 6) is 0.0304. The molecule has 0 unspecified atom stereocenters. The molecule has 0 nitrogen and oxygen atoms in total. The van der Waals surface area contributed by atoms with Crippen molar-refractivity contribution in [3.05, 3.63) is 47.8 Å². The SMILES string of the molecule is FC=CCCCCC1CCC(CCc2ccc(F)c(F)c2)CC1. The molecule has 0 radical (unpaired) electrons. The normalized spacial score (nSPS) is 21.9. The fourth-order valence-corrected chi connectivity index (χ4v) is 3.63. The third-order valence-electron chi connectivity index (χ3n) is 5.11. The molecule has 0 aromatic heterocycles. The van der Waals surface area contributed by atoms with Crippen LogP contribution in [-0.2, 0) is 6.42 Å².